The molecule has 0 bridgehead atoms. The Morgan fingerprint density at radius 2 is 2.38 bits per heavy atom. The van der Waals surface area contributed by atoms with Crippen LogP contribution in [0.3, 0.4) is 0 Å². The molecular formula is C16H22N4O. The van der Waals surface area contributed by atoms with E-state index in [4.69, 9.17) is 9.72 Å². The summed E-state index contributed by atoms with van der Waals surface area (Å²) in [6.45, 7) is 4.89. The van der Waals surface area contributed by atoms with Gasteiger partial charge in [0.25, 0.3) is 0 Å². The number of rotatable bonds is 3. The maximum Gasteiger partial charge on any atom is 0.160 e. The number of nitrogens with one attached hydrogen (secondary N) is 1. The van der Waals surface area contributed by atoms with Gasteiger partial charge in [0, 0.05) is 37.7 Å². The molecule has 2 saturated heterocycles. The molecule has 4 heterocycles. The molecule has 2 unspecified atom stereocenters. The van der Waals surface area contributed by atoms with E-state index in [1.54, 1.807) is 0 Å². The average molecular weight is 286 g/mol. The van der Waals surface area contributed by atoms with Gasteiger partial charge in [0.2, 0.25) is 0 Å². The lowest BCUT2D eigenvalue weighted by Gasteiger charge is -2.24. The highest BCUT2D eigenvalue weighted by atomic mass is 16.5. The Balaban J connectivity index is 1.70. The van der Waals surface area contributed by atoms with Crippen molar-refractivity contribution in [3.63, 3.8) is 0 Å². The van der Waals surface area contributed by atoms with Gasteiger partial charge in [-0.2, -0.15) is 0 Å². The quantitative estimate of drug-likeness (QED) is 0.937. The Labute approximate surface area is 124 Å². The minimum absolute atomic E-state index is 0.517. The zero-order chi connectivity index (χ0) is 14.1. The van der Waals surface area contributed by atoms with Crippen LogP contribution in [-0.2, 0) is 11.3 Å². The van der Waals surface area contributed by atoms with Crippen LogP contribution in [0.2, 0.25) is 0 Å². The van der Waals surface area contributed by atoms with Gasteiger partial charge >= 0.3 is 0 Å². The van der Waals surface area contributed by atoms with Crippen LogP contribution in [0.1, 0.15) is 31.0 Å². The molecule has 0 spiro atoms. The van der Waals surface area contributed by atoms with Crippen LogP contribution in [-0.4, -0.2) is 40.8 Å². The van der Waals surface area contributed by atoms with Crippen LogP contribution >= 0.6 is 0 Å². The third kappa shape index (κ3) is 2.56. The van der Waals surface area contributed by atoms with Crippen molar-refractivity contribution in [2.75, 3.05) is 26.3 Å². The van der Waals surface area contributed by atoms with E-state index in [-0.39, 0.29) is 0 Å². The molecule has 112 valence electrons. The van der Waals surface area contributed by atoms with Gasteiger partial charge in [-0.1, -0.05) is 0 Å². The van der Waals surface area contributed by atoms with Crippen LogP contribution in [0.25, 0.3) is 11.2 Å². The number of hydrogen-bond donors (Lipinski definition) is 1. The Hall–Kier alpha value is -1.46. The molecule has 0 radical (unpaired) electrons. The van der Waals surface area contributed by atoms with Gasteiger partial charge in [0.15, 0.2) is 5.65 Å². The molecule has 2 atom stereocenters. The molecule has 0 amide bonds. The zero-order valence-electron chi connectivity index (χ0n) is 12.3. The van der Waals surface area contributed by atoms with Crippen LogP contribution in [0.5, 0.6) is 0 Å². The van der Waals surface area contributed by atoms with Crippen molar-refractivity contribution in [1.29, 1.82) is 0 Å². The third-order valence-electron chi connectivity index (χ3n) is 4.65. The molecule has 2 aliphatic rings. The van der Waals surface area contributed by atoms with E-state index in [0.717, 1.165) is 44.0 Å². The maximum atomic E-state index is 5.64. The van der Waals surface area contributed by atoms with E-state index in [0.29, 0.717) is 11.8 Å². The van der Waals surface area contributed by atoms with Crippen LogP contribution in [0.4, 0.5) is 0 Å². The maximum absolute atomic E-state index is 5.64. The first-order valence-electron chi connectivity index (χ1n) is 8.01. The number of imidazole rings is 1. The van der Waals surface area contributed by atoms with Gasteiger partial charge in [-0.3, -0.25) is 0 Å². The second kappa shape index (κ2) is 5.73. The molecule has 5 nitrogen and oxygen atoms in total. The predicted octanol–water partition coefficient (Wildman–Crippen LogP) is 1.93. The molecule has 2 aliphatic heterocycles. The van der Waals surface area contributed by atoms with Crippen LogP contribution in [0.15, 0.2) is 18.3 Å². The summed E-state index contributed by atoms with van der Waals surface area (Å²) in [6.07, 6.45) is 5.46. The molecule has 0 saturated carbocycles. The zero-order valence-corrected chi connectivity index (χ0v) is 12.3. The molecule has 1 N–H and O–H groups in total. The van der Waals surface area contributed by atoms with E-state index in [9.17, 15) is 0 Å². The highest BCUT2D eigenvalue weighted by molar-refractivity contribution is 5.71. The second-order valence-electron chi connectivity index (χ2n) is 6.20. The first-order chi connectivity index (χ1) is 10.4. The summed E-state index contributed by atoms with van der Waals surface area (Å²) in [4.78, 5) is 9.46. The van der Waals surface area contributed by atoms with Crippen molar-refractivity contribution in [2.24, 2.45) is 5.92 Å². The number of nitrogens with zero attached hydrogens (tertiary/aromatic N) is 3. The minimum atomic E-state index is 0.517. The fraction of sp³-hybridized carbons (Fsp3) is 0.625. The monoisotopic (exact) mass is 286 g/mol. The SMILES string of the molecule is c1cnc2c(c1)nc(C1CCNC1)n2CC1CCCOC1. The van der Waals surface area contributed by atoms with Gasteiger partial charge in [0.05, 0.1) is 6.61 Å². The third-order valence-corrected chi connectivity index (χ3v) is 4.65. The second-order valence-corrected chi connectivity index (χ2v) is 6.20. The van der Waals surface area contributed by atoms with E-state index in [1.807, 2.05) is 12.3 Å². The lowest BCUT2D eigenvalue weighted by Crippen LogP contribution is -2.24. The lowest BCUT2D eigenvalue weighted by atomic mass is 10.0. The fourth-order valence-electron chi connectivity index (χ4n) is 3.55. The standard InChI is InChI=1S/C16H22N4O/c1-4-14-16(18-6-1)20(10-12-3-2-8-21-11-12)15(19-14)13-5-7-17-9-13/h1,4,6,12-13,17H,2-3,5,7-11H2. The molecular weight excluding hydrogens is 264 g/mol. The molecule has 2 aromatic rings. The van der Waals surface area contributed by atoms with Crippen molar-refractivity contribution in [3.05, 3.63) is 24.2 Å². The molecule has 2 fully saturated rings. The van der Waals surface area contributed by atoms with Crippen molar-refractivity contribution in [3.8, 4) is 0 Å². The van der Waals surface area contributed by atoms with Gasteiger partial charge in [0.1, 0.15) is 11.3 Å². The number of fused-ring (bicyclic) bond motifs is 1. The summed E-state index contributed by atoms with van der Waals surface area (Å²) >= 11 is 0. The Morgan fingerprint density at radius 3 is 3.19 bits per heavy atom. The molecule has 0 aromatic carbocycles. The van der Waals surface area contributed by atoms with Crippen molar-refractivity contribution in [1.82, 2.24) is 19.9 Å². The summed E-state index contributed by atoms with van der Waals surface area (Å²) < 4.78 is 8.00. The summed E-state index contributed by atoms with van der Waals surface area (Å²) in [5.74, 6) is 2.31. The normalized spacial score (nSPS) is 26.5. The van der Waals surface area contributed by atoms with Crippen LogP contribution < -0.4 is 5.32 Å². The smallest absolute Gasteiger partial charge is 0.160 e. The molecule has 21 heavy (non-hydrogen) atoms. The highest BCUT2D eigenvalue weighted by Crippen LogP contribution is 2.27. The Kier molecular flexibility index (Phi) is 3.61. The van der Waals surface area contributed by atoms with Crippen molar-refractivity contribution in [2.45, 2.75) is 31.7 Å². The van der Waals surface area contributed by atoms with Gasteiger partial charge in [-0.25, -0.2) is 9.97 Å². The average Bonchev–Trinajstić information content (AvgIpc) is 3.16. The Morgan fingerprint density at radius 1 is 1.38 bits per heavy atom. The largest absolute Gasteiger partial charge is 0.381 e. The van der Waals surface area contributed by atoms with E-state index in [1.165, 1.54) is 25.1 Å². The number of pyridine rings is 1. The topological polar surface area (TPSA) is 52.0 Å². The molecule has 0 aliphatic carbocycles. The van der Waals surface area contributed by atoms with Gasteiger partial charge in [-0.05, 0) is 37.9 Å². The number of aromatic nitrogens is 3. The Bertz CT molecular complexity index is 612. The lowest BCUT2D eigenvalue weighted by molar-refractivity contribution is 0.0483. The van der Waals surface area contributed by atoms with Crippen molar-refractivity contribution >= 4 is 11.2 Å². The van der Waals surface area contributed by atoms with Crippen molar-refractivity contribution < 1.29 is 4.74 Å². The van der Waals surface area contributed by atoms with E-state index < -0.39 is 0 Å². The number of ether oxygens (including phenoxy) is 1. The molecule has 2 aromatic heterocycles. The molecule has 4 rings (SSSR count). The molecule has 5 heteroatoms. The predicted molar refractivity (Wildman–Crippen MR) is 81.3 cm³/mol. The minimum Gasteiger partial charge on any atom is -0.381 e. The summed E-state index contributed by atoms with van der Waals surface area (Å²) in [5, 5.41) is 3.45. The number of hydrogen-bond acceptors (Lipinski definition) is 4. The summed E-state index contributed by atoms with van der Waals surface area (Å²) in [6, 6.07) is 4.04. The highest BCUT2D eigenvalue weighted by Gasteiger charge is 2.25. The fourth-order valence-corrected chi connectivity index (χ4v) is 3.55. The van der Waals surface area contributed by atoms with E-state index >= 15 is 0 Å². The summed E-state index contributed by atoms with van der Waals surface area (Å²) in [5.41, 5.74) is 2.06. The first-order valence-corrected chi connectivity index (χ1v) is 8.01. The van der Waals surface area contributed by atoms with E-state index in [2.05, 4.69) is 20.9 Å². The summed E-state index contributed by atoms with van der Waals surface area (Å²) in [7, 11) is 0. The van der Waals surface area contributed by atoms with Crippen LogP contribution in [0, 0.1) is 5.92 Å². The first kappa shape index (κ1) is 13.2. The van der Waals surface area contributed by atoms with Gasteiger partial charge in [-0.15, -0.1) is 0 Å². The van der Waals surface area contributed by atoms with Gasteiger partial charge < -0.3 is 14.6 Å².